The third-order valence-electron chi connectivity index (χ3n) is 5.38. The zero-order valence-corrected chi connectivity index (χ0v) is 18.8. The normalized spacial score (nSPS) is 14.1. The lowest BCUT2D eigenvalue weighted by atomic mass is 9.95. The van der Waals surface area contributed by atoms with Gasteiger partial charge in [0.05, 0.1) is 31.1 Å². The van der Waals surface area contributed by atoms with Gasteiger partial charge in [0.15, 0.2) is 11.5 Å². The predicted octanol–water partition coefficient (Wildman–Crippen LogP) is 4.27. The fraction of sp³-hybridized carbons (Fsp3) is 0.360. The Morgan fingerprint density at radius 1 is 1.06 bits per heavy atom. The van der Waals surface area contributed by atoms with Crippen LogP contribution in [0, 0.1) is 12.8 Å². The van der Waals surface area contributed by atoms with E-state index in [2.05, 4.69) is 29.6 Å². The molecule has 0 spiro atoms. The van der Waals surface area contributed by atoms with Crippen molar-refractivity contribution in [2.75, 3.05) is 25.1 Å². The first-order chi connectivity index (χ1) is 15.5. The number of anilines is 1. The van der Waals surface area contributed by atoms with Gasteiger partial charge in [-0.2, -0.15) is 5.10 Å². The standard InChI is InChI=1S/C25H30N4O3/c1-17(2)25(19-10-11-21-22(15-19)32-13-7-12-31-21)26-16-24(30)27-23-14-18(3)28-29(23)20-8-5-4-6-9-20/h4-6,8-11,14-15,17,25-26H,7,12-13,16H2,1-3H3,(H,27,30)/t25-/m1/s1. The monoisotopic (exact) mass is 434 g/mol. The topological polar surface area (TPSA) is 77.4 Å². The summed E-state index contributed by atoms with van der Waals surface area (Å²) >= 11 is 0. The number of hydrogen-bond acceptors (Lipinski definition) is 5. The van der Waals surface area contributed by atoms with Gasteiger partial charge in [0, 0.05) is 18.5 Å². The largest absolute Gasteiger partial charge is 0.490 e. The van der Waals surface area contributed by atoms with Crippen LogP contribution in [0.2, 0.25) is 0 Å². The van der Waals surface area contributed by atoms with Crippen LogP contribution in [0.25, 0.3) is 5.69 Å². The van der Waals surface area contributed by atoms with E-state index in [9.17, 15) is 4.79 Å². The highest BCUT2D eigenvalue weighted by atomic mass is 16.5. The Bertz CT molecular complexity index is 1060. The second-order valence-electron chi connectivity index (χ2n) is 8.33. The molecule has 0 bridgehead atoms. The summed E-state index contributed by atoms with van der Waals surface area (Å²) in [6, 6.07) is 17.6. The molecule has 0 aliphatic carbocycles. The Morgan fingerprint density at radius 2 is 1.81 bits per heavy atom. The molecule has 2 N–H and O–H groups in total. The minimum Gasteiger partial charge on any atom is -0.490 e. The number of nitrogens with one attached hydrogen (secondary N) is 2. The van der Waals surface area contributed by atoms with Gasteiger partial charge in [-0.15, -0.1) is 0 Å². The number of amides is 1. The van der Waals surface area contributed by atoms with Gasteiger partial charge in [-0.3, -0.25) is 4.79 Å². The van der Waals surface area contributed by atoms with Crippen LogP contribution in [-0.4, -0.2) is 35.4 Å². The average molecular weight is 435 g/mol. The number of rotatable bonds is 7. The summed E-state index contributed by atoms with van der Waals surface area (Å²) in [7, 11) is 0. The van der Waals surface area contributed by atoms with Crippen molar-refractivity contribution in [3.05, 3.63) is 65.9 Å². The van der Waals surface area contributed by atoms with Gasteiger partial charge in [0.2, 0.25) is 5.91 Å². The maximum absolute atomic E-state index is 12.8. The summed E-state index contributed by atoms with van der Waals surface area (Å²) in [6.07, 6.45) is 0.870. The molecule has 0 unspecified atom stereocenters. The van der Waals surface area contributed by atoms with Crippen LogP contribution >= 0.6 is 0 Å². The molecule has 2 heterocycles. The van der Waals surface area contributed by atoms with Crippen molar-refractivity contribution in [3.8, 4) is 17.2 Å². The number of nitrogens with zero attached hydrogens (tertiary/aromatic N) is 2. The zero-order chi connectivity index (χ0) is 22.5. The SMILES string of the molecule is Cc1cc(NC(=O)CN[C@@H](c2ccc3c(c2)OCCCO3)C(C)C)n(-c2ccccc2)n1. The molecule has 1 atom stereocenters. The number of benzene rings is 2. The summed E-state index contributed by atoms with van der Waals surface area (Å²) < 4.78 is 13.3. The molecular weight excluding hydrogens is 404 g/mol. The van der Waals surface area contributed by atoms with E-state index in [1.54, 1.807) is 4.68 Å². The quantitative estimate of drug-likeness (QED) is 0.581. The zero-order valence-electron chi connectivity index (χ0n) is 18.8. The molecule has 4 rings (SSSR count). The first kappa shape index (κ1) is 21.9. The molecule has 3 aromatic rings. The van der Waals surface area contributed by atoms with Gasteiger partial charge in [-0.05, 0) is 42.7 Å². The molecule has 0 saturated heterocycles. The van der Waals surface area contributed by atoms with Gasteiger partial charge < -0.3 is 20.1 Å². The van der Waals surface area contributed by atoms with Gasteiger partial charge >= 0.3 is 0 Å². The maximum Gasteiger partial charge on any atom is 0.239 e. The number of fused-ring (bicyclic) bond motifs is 1. The highest BCUT2D eigenvalue weighted by molar-refractivity contribution is 5.91. The van der Waals surface area contributed by atoms with Crippen molar-refractivity contribution in [2.24, 2.45) is 5.92 Å². The number of carbonyl (C=O) groups is 1. The summed E-state index contributed by atoms with van der Waals surface area (Å²) in [5, 5.41) is 10.9. The third kappa shape index (κ3) is 5.11. The molecule has 7 nitrogen and oxygen atoms in total. The van der Waals surface area contributed by atoms with Crippen LogP contribution in [0.4, 0.5) is 5.82 Å². The van der Waals surface area contributed by atoms with E-state index < -0.39 is 0 Å². The highest BCUT2D eigenvalue weighted by Crippen LogP contribution is 2.34. The summed E-state index contributed by atoms with van der Waals surface area (Å²) in [5.41, 5.74) is 2.81. The van der Waals surface area contributed by atoms with Gasteiger partial charge in [-0.1, -0.05) is 38.1 Å². The number of para-hydroxylation sites is 1. The van der Waals surface area contributed by atoms with Crippen molar-refractivity contribution in [1.82, 2.24) is 15.1 Å². The lowest BCUT2D eigenvalue weighted by Crippen LogP contribution is -2.34. The van der Waals surface area contributed by atoms with Gasteiger partial charge in [-0.25, -0.2) is 4.68 Å². The second kappa shape index (κ2) is 9.87. The predicted molar refractivity (Wildman–Crippen MR) is 125 cm³/mol. The van der Waals surface area contributed by atoms with Crippen molar-refractivity contribution in [3.63, 3.8) is 0 Å². The van der Waals surface area contributed by atoms with Crippen LogP contribution in [0.5, 0.6) is 11.5 Å². The molecule has 1 aliphatic heterocycles. The second-order valence-corrected chi connectivity index (χ2v) is 8.33. The van der Waals surface area contributed by atoms with Crippen LogP contribution in [0.1, 0.15) is 37.6 Å². The molecule has 1 aromatic heterocycles. The molecular formula is C25H30N4O3. The van der Waals surface area contributed by atoms with E-state index in [1.807, 2.05) is 61.5 Å². The smallest absolute Gasteiger partial charge is 0.239 e. The number of aryl methyl sites for hydroxylation is 1. The number of ether oxygens (including phenoxy) is 2. The molecule has 32 heavy (non-hydrogen) atoms. The highest BCUT2D eigenvalue weighted by Gasteiger charge is 2.20. The van der Waals surface area contributed by atoms with Crippen molar-refractivity contribution < 1.29 is 14.3 Å². The molecule has 7 heteroatoms. The van der Waals surface area contributed by atoms with E-state index in [-0.39, 0.29) is 24.4 Å². The Labute approximate surface area is 188 Å². The van der Waals surface area contributed by atoms with Crippen LogP contribution < -0.4 is 20.1 Å². The Morgan fingerprint density at radius 3 is 2.56 bits per heavy atom. The first-order valence-corrected chi connectivity index (χ1v) is 11.1. The van der Waals surface area contributed by atoms with E-state index in [1.165, 1.54) is 0 Å². The molecule has 1 aliphatic rings. The summed E-state index contributed by atoms with van der Waals surface area (Å²) in [4.78, 5) is 12.8. The fourth-order valence-electron chi connectivity index (χ4n) is 3.86. The Kier molecular flexibility index (Phi) is 6.75. The first-order valence-electron chi connectivity index (χ1n) is 11.1. The van der Waals surface area contributed by atoms with Crippen molar-refractivity contribution >= 4 is 11.7 Å². The minimum atomic E-state index is -0.123. The lowest BCUT2D eigenvalue weighted by Gasteiger charge is -2.23. The van der Waals surface area contributed by atoms with Crippen LogP contribution in [0.3, 0.4) is 0 Å². The van der Waals surface area contributed by atoms with E-state index in [0.29, 0.717) is 19.0 Å². The third-order valence-corrected chi connectivity index (χ3v) is 5.38. The molecule has 1 amide bonds. The molecule has 0 saturated carbocycles. The summed E-state index contributed by atoms with van der Waals surface area (Å²) in [5.74, 6) is 2.35. The molecule has 2 aromatic carbocycles. The van der Waals surface area contributed by atoms with E-state index in [0.717, 1.165) is 34.9 Å². The van der Waals surface area contributed by atoms with Gasteiger partial charge in [0.1, 0.15) is 5.82 Å². The number of carbonyl (C=O) groups excluding carboxylic acids is 1. The van der Waals surface area contributed by atoms with Gasteiger partial charge in [0.25, 0.3) is 0 Å². The van der Waals surface area contributed by atoms with Crippen LogP contribution in [-0.2, 0) is 4.79 Å². The fourth-order valence-corrected chi connectivity index (χ4v) is 3.86. The Balaban J connectivity index is 1.44. The molecule has 0 fully saturated rings. The minimum absolute atomic E-state index is 0.00123. The number of aromatic nitrogens is 2. The van der Waals surface area contributed by atoms with E-state index in [4.69, 9.17) is 9.47 Å². The maximum atomic E-state index is 12.8. The van der Waals surface area contributed by atoms with Crippen molar-refractivity contribution in [2.45, 2.75) is 33.2 Å². The number of hydrogen-bond donors (Lipinski definition) is 2. The average Bonchev–Trinajstić information content (AvgIpc) is 2.99. The van der Waals surface area contributed by atoms with E-state index >= 15 is 0 Å². The Hall–Kier alpha value is -3.32. The lowest BCUT2D eigenvalue weighted by molar-refractivity contribution is -0.115. The summed E-state index contributed by atoms with van der Waals surface area (Å²) in [6.45, 7) is 7.66. The molecule has 168 valence electrons. The van der Waals surface area contributed by atoms with Crippen LogP contribution in [0.15, 0.2) is 54.6 Å². The molecule has 0 radical (unpaired) electrons. The van der Waals surface area contributed by atoms with Crippen molar-refractivity contribution in [1.29, 1.82) is 0 Å².